The molecule has 3 heteroatoms. The fraction of sp³-hybridized carbons (Fsp3) is 0.696. The number of aliphatic hydroxyl groups is 1. The summed E-state index contributed by atoms with van der Waals surface area (Å²) in [5, 5.41) is 11.5. The molecule has 2 unspecified atom stereocenters. The van der Waals surface area contributed by atoms with Crippen molar-refractivity contribution in [1.29, 1.82) is 0 Å². The van der Waals surface area contributed by atoms with E-state index in [1.807, 2.05) is 37.3 Å². The second-order valence-corrected chi connectivity index (χ2v) is 8.61. The summed E-state index contributed by atoms with van der Waals surface area (Å²) in [6.07, 6.45) is 7.49. The van der Waals surface area contributed by atoms with Gasteiger partial charge in [-0.1, -0.05) is 77.3 Å². The van der Waals surface area contributed by atoms with Gasteiger partial charge in [0.25, 0.3) is 0 Å². The van der Waals surface area contributed by atoms with E-state index in [4.69, 9.17) is 4.74 Å². The number of rotatable bonds is 9. The van der Waals surface area contributed by atoms with Crippen LogP contribution in [0.15, 0.2) is 30.3 Å². The van der Waals surface area contributed by atoms with E-state index in [9.17, 15) is 9.90 Å². The first-order valence-corrected chi connectivity index (χ1v) is 10.3. The summed E-state index contributed by atoms with van der Waals surface area (Å²) < 4.78 is 5.88. The van der Waals surface area contributed by atoms with Gasteiger partial charge in [-0.25, -0.2) is 4.79 Å². The quantitative estimate of drug-likeness (QED) is 0.583. The van der Waals surface area contributed by atoms with E-state index < -0.39 is 11.6 Å². The van der Waals surface area contributed by atoms with Crippen LogP contribution >= 0.6 is 0 Å². The maximum Gasteiger partial charge on any atom is 0.343 e. The molecule has 1 saturated carbocycles. The molecule has 26 heavy (non-hydrogen) atoms. The molecule has 146 valence electrons. The van der Waals surface area contributed by atoms with Crippen LogP contribution in [0, 0.1) is 11.3 Å². The van der Waals surface area contributed by atoms with Crippen LogP contribution in [-0.4, -0.2) is 17.2 Å². The summed E-state index contributed by atoms with van der Waals surface area (Å²) in [4.78, 5) is 13.1. The number of carbonyl (C=O) groups is 1. The van der Waals surface area contributed by atoms with E-state index in [1.54, 1.807) is 0 Å². The second-order valence-electron chi connectivity index (χ2n) is 8.61. The highest BCUT2D eigenvalue weighted by molar-refractivity contribution is 5.81. The predicted octanol–water partition coefficient (Wildman–Crippen LogP) is 5.60. The summed E-state index contributed by atoms with van der Waals surface area (Å²) in [5.74, 6) is -0.515. The van der Waals surface area contributed by atoms with E-state index in [2.05, 4.69) is 20.8 Å². The monoisotopic (exact) mass is 360 g/mol. The van der Waals surface area contributed by atoms with E-state index in [-0.39, 0.29) is 17.4 Å². The van der Waals surface area contributed by atoms with Gasteiger partial charge in [0, 0.05) is 5.92 Å². The molecule has 1 fully saturated rings. The lowest BCUT2D eigenvalue weighted by Gasteiger charge is -2.34. The van der Waals surface area contributed by atoms with Gasteiger partial charge in [0.05, 0.1) is 0 Å². The van der Waals surface area contributed by atoms with Crippen LogP contribution in [0.2, 0.25) is 0 Å². The van der Waals surface area contributed by atoms with Gasteiger partial charge in [0.1, 0.15) is 6.10 Å². The van der Waals surface area contributed by atoms with E-state index in [0.717, 1.165) is 51.4 Å². The lowest BCUT2D eigenvalue weighted by molar-refractivity contribution is -0.180. The van der Waals surface area contributed by atoms with Gasteiger partial charge >= 0.3 is 5.97 Å². The fourth-order valence-corrected chi connectivity index (χ4v) is 3.87. The molecule has 1 N–H and O–H groups in total. The van der Waals surface area contributed by atoms with Crippen molar-refractivity contribution in [3.8, 4) is 0 Å². The smallest absolute Gasteiger partial charge is 0.343 e. The summed E-state index contributed by atoms with van der Waals surface area (Å²) in [7, 11) is 0. The van der Waals surface area contributed by atoms with E-state index >= 15 is 0 Å². The molecule has 0 aliphatic heterocycles. The highest BCUT2D eigenvalue weighted by Gasteiger charge is 2.48. The third kappa shape index (κ3) is 4.88. The number of ether oxygens (including phenoxy) is 1. The minimum atomic E-state index is -1.52. The summed E-state index contributed by atoms with van der Waals surface area (Å²) in [6.45, 7) is 8.75. The Balaban J connectivity index is 2.15. The molecule has 0 heterocycles. The Morgan fingerprint density at radius 2 is 1.81 bits per heavy atom. The van der Waals surface area contributed by atoms with Gasteiger partial charge < -0.3 is 9.84 Å². The molecule has 1 aliphatic carbocycles. The van der Waals surface area contributed by atoms with Crippen molar-refractivity contribution in [2.24, 2.45) is 11.3 Å². The number of benzene rings is 1. The van der Waals surface area contributed by atoms with Crippen molar-refractivity contribution in [3.05, 3.63) is 35.9 Å². The van der Waals surface area contributed by atoms with Gasteiger partial charge in [-0.2, -0.15) is 0 Å². The molecule has 0 bridgehead atoms. The summed E-state index contributed by atoms with van der Waals surface area (Å²) in [5.41, 5.74) is -0.604. The van der Waals surface area contributed by atoms with E-state index in [1.165, 1.54) is 0 Å². The molecule has 1 aliphatic rings. The maximum atomic E-state index is 13.1. The molecular weight excluding hydrogens is 324 g/mol. The van der Waals surface area contributed by atoms with Crippen LogP contribution in [0.1, 0.15) is 84.6 Å². The molecule has 3 nitrogen and oxygen atoms in total. The normalized spacial score (nSPS) is 19.1. The van der Waals surface area contributed by atoms with Crippen molar-refractivity contribution in [2.75, 3.05) is 0 Å². The highest BCUT2D eigenvalue weighted by Crippen LogP contribution is 2.42. The van der Waals surface area contributed by atoms with Crippen LogP contribution in [0.4, 0.5) is 0 Å². The Hall–Kier alpha value is -1.35. The van der Waals surface area contributed by atoms with Crippen molar-refractivity contribution in [1.82, 2.24) is 0 Å². The number of hydrogen-bond acceptors (Lipinski definition) is 3. The topological polar surface area (TPSA) is 46.5 Å². The Morgan fingerprint density at radius 1 is 1.19 bits per heavy atom. The minimum Gasteiger partial charge on any atom is -0.460 e. The second kappa shape index (κ2) is 9.03. The Bertz CT molecular complexity index is 560. The van der Waals surface area contributed by atoms with Crippen LogP contribution < -0.4 is 0 Å². The molecule has 0 aromatic heterocycles. The molecule has 0 amide bonds. The fourth-order valence-electron chi connectivity index (χ4n) is 3.87. The molecular formula is C23H36O3. The van der Waals surface area contributed by atoms with Crippen LogP contribution in [0.3, 0.4) is 0 Å². The third-order valence-electron chi connectivity index (χ3n) is 6.30. The van der Waals surface area contributed by atoms with Crippen molar-refractivity contribution in [2.45, 2.75) is 90.8 Å². The lowest BCUT2D eigenvalue weighted by atomic mass is 9.80. The molecule has 0 spiro atoms. The maximum absolute atomic E-state index is 13.1. The van der Waals surface area contributed by atoms with Crippen molar-refractivity contribution < 1.29 is 14.6 Å². The van der Waals surface area contributed by atoms with Crippen LogP contribution in [0.25, 0.3) is 0 Å². The largest absolute Gasteiger partial charge is 0.460 e. The first kappa shape index (κ1) is 21.0. The zero-order valence-corrected chi connectivity index (χ0v) is 17.0. The molecule has 1 aromatic rings. The molecule has 1 aromatic carbocycles. The molecule has 2 atom stereocenters. The first-order valence-electron chi connectivity index (χ1n) is 10.3. The molecule has 0 radical (unpaired) electrons. The zero-order chi connectivity index (χ0) is 19.2. The van der Waals surface area contributed by atoms with Gasteiger partial charge in [-0.05, 0) is 43.1 Å². The SMILES string of the molecule is CCC(CCC(C)(C)CC)OC(=O)C(O)(c1ccccc1)C1CCCC1. The van der Waals surface area contributed by atoms with Gasteiger partial charge in [0.15, 0.2) is 5.60 Å². The van der Waals surface area contributed by atoms with Crippen molar-refractivity contribution in [3.63, 3.8) is 0 Å². The van der Waals surface area contributed by atoms with Gasteiger partial charge in [-0.3, -0.25) is 0 Å². The zero-order valence-electron chi connectivity index (χ0n) is 17.0. The lowest BCUT2D eigenvalue weighted by Crippen LogP contribution is -2.44. The van der Waals surface area contributed by atoms with Gasteiger partial charge in [0.2, 0.25) is 0 Å². The minimum absolute atomic E-state index is 0.0537. The number of hydrogen-bond donors (Lipinski definition) is 1. The predicted molar refractivity (Wildman–Crippen MR) is 106 cm³/mol. The number of carbonyl (C=O) groups excluding carboxylic acids is 1. The van der Waals surface area contributed by atoms with Gasteiger partial charge in [-0.15, -0.1) is 0 Å². The summed E-state index contributed by atoms with van der Waals surface area (Å²) >= 11 is 0. The van der Waals surface area contributed by atoms with Crippen molar-refractivity contribution >= 4 is 5.97 Å². The Kier molecular flexibility index (Phi) is 7.28. The Morgan fingerprint density at radius 3 is 2.35 bits per heavy atom. The summed E-state index contributed by atoms with van der Waals surface area (Å²) in [6, 6.07) is 9.36. The standard InChI is InChI=1S/C23H36O3/c1-5-20(16-17-22(3,4)6-2)26-21(24)23(25,19-14-10-11-15-19)18-12-8-7-9-13-18/h7-9,12-13,19-20,25H,5-6,10-11,14-17H2,1-4H3. The van der Waals surface area contributed by atoms with E-state index in [0.29, 0.717) is 5.56 Å². The van der Waals surface area contributed by atoms with Crippen LogP contribution in [0.5, 0.6) is 0 Å². The molecule has 0 saturated heterocycles. The molecule has 2 rings (SSSR count). The highest BCUT2D eigenvalue weighted by atomic mass is 16.6. The first-order chi connectivity index (χ1) is 12.3. The number of esters is 1. The third-order valence-corrected chi connectivity index (χ3v) is 6.30. The van der Waals surface area contributed by atoms with Crippen LogP contribution in [-0.2, 0) is 15.1 Å². The average molecular weight is 361 g/mol. The Labute approximate surface area is 159 Å². The average Bonchev–Trinajstić information content (AvgIpc) is 3.20.